The fraction of sp³-hybridized carbons (Fsp3) is 0.385. The lowest BCUT2D eigenvalue weighted by Gasteiger charge is -2.12. The number of fused-ring (bicyclic) bond motifs is 1. The van der Waals surface area contributed by atoms with Gasteiger partial charge in [0.2, 0.25) is 0 Å². The number of nitrogens with zero attached hydrogens (tertiary/aromatic N) is 1. The second-order valence-electron chi connectivity index (χ2n) is 4.49. The van der Waals surface area contributed by atoms with Crippen LogP contribution in [0.2, 0.25) is 0 Å². The summed E-state index contributed by atoms with van der Waals surface area (Å²) in [5, 5.41) is 0.854. The van der Waals surface area contributed by atoms with Crippen LogP contribution in [-0.4, -0.2) is 16.8 Å². The standard InChI is InChI=1S/C13H16N2OS/c1-8(2)13(14)10(16)7-12-15-9-5-3-4-6-11(9)17-12/h3-6,8,13H,7,14H2,1-2H3. The van der Waals surface area contributed by atoms with E-state index in [1.165, 1.54) is 0 Å². The van der Waals surface area contributed by atoms with E-state index in [0.717, 1.165) is 15.2 Å². The lowest BCUT2D eigenvalue weighted by atomic mass is 9.99. The average Bonchev–Trinajstić information content (AvgIpc) is 2.69. The summed E-state index contributed by atoms with van der Waals surface area (Å²) in [4.78, 5) is 16.3. The van der Waals surface area contributed by atoms with Gasteiger partial charge in [-0.05, 0) is 18.1 Å². The molecule has 0 saturated carbocycles. The molecule has 0 amide bonds. The van der Waals surface area contributed by atoms with Crippen molar-refractivity contribution < 1.29 is 4.79 Å². The van der Waals surface area contributed by atoms with E-state index in [2.05, 4.69) is 4.98 Å². The molecule has 2 aromatic rings. The highest BCUT2D eigenvalue weighted by Crippen LogP contribution is 2.22. The van der Waals surface area contributed by atoms with Crippen LogP contribution in [-0.2, 0) is 11.2 Å². The van der Waals surface area contributed by atoms with Gasteiger partial charge < -0.3 is 5.73 Å². The lowest BCUT2D eigenvalue weighted by molar-refractivity contribution is -0.120. The number of benzene rings is 1. The van der Waals surface area contributed by atoms with E-state index in [-0.39, 0.29) is 17.7 Å². The number of ketones is 1. The van der Waals surface area contributed by atoms with Gasteiger partial charge in [-0.2, -0.15) is 0 Å². The molecule has 0 aliphatic heterocycles. The zero-order chi connectivity index (χ0) is 12.4. The maximum atomic E-state index is 11.9. The zero-order valence-corrected chi connectivity index (χ0v) is 10.8. The molecule has 0 bridgehead atoms. The predicted molar refractivity (Wildman–Crippen MR) is 71.1 cm³/mol. The van der Waals surface area contributed by atoms with E-state index in [1.807, 2.05) is 38.1 Å². The van der Waals surface area contributed by atoms with Crippen molar-refractivity contribution in [3.63, 3.8) is 0 Å². The number of carbonyl (C=O) groups excluding carboxylic acids is 1. The molecular formula is C13H16N2OS. The summed E-state index contributed by atoms with van der Waals surface area (Å²) in [6, 6.07) is 7.52. The molecule has 2 rings (SSSR count). The minimum absolute atomic E-state index is 0.0686. The Bertz CT molecular complexity index is 500. The van der Waals surface area contributed by atoms with Gasteiger partial charge in [0.25, 0.3) is 0 Å². The SMILES string of the molecule is CC(C)C(N)C(=O)Cc1nc2ccccc2s1. The molecule has 0 aliphatic rings. The first-order valence-corrected chi connectivity index (χ1v) is 6.52. The Morgan fingerprint density at radius 1 is 1.41 bits per heavy atom. The molecular weight excluding hydrogens is 232 g/mol. The van der Waals surface area contributed by atoms with E-state index >= 15 is 0 Å². The van der Waals surface area contributed by atoms with E-state index in [9.17, 15) is 4.79 Å². The number of hydrogen-bond donors (Lipinski definition) is 1. The summed E-state index contributed by atoms with van der Waals surface area (Å²) in [6.07, 6.45) is 0.346. The Morgan fingerprint density at radius 2 is 2.12 bits per heavy atom. The van der Waals surface area contributed by atoms with Crippen molar-refractivity contribution in [2.45, 2.75) is 26.3 Å². The Kier molecular flexibility index (Phi) is 3.54. The Labute approximate surface area is 105 Å². The van der Waals surface area contributed by atoms with Gasteiger partial charge in [-0.15, -0.1) is 11.3 Å². The lowest BCUT2D eigenvalue weighted by Crippen LogP contribution is -2.36. The minimum Gasteiger partial charge on any atom is -0.321 e. The normalized spacial score (nSPS) is 13.2. The summed E-state index contributed by atoms with van der Waals surface area (Å²) in [5.74, 6) is 0.246. The fourth-order valence-corrected chi connectivity index (χ4v) is 2.61. The molecule has 1 heterocycles. The molecule has 0 aliphatic carbocycles. The number of carbonyl (C=O) groups is 1. The largest absolute Gasteiger partial charge is 0.321 e. The van der Waals surface area contributed by atoms with Gasteiger partial charge in [-0.3, -0.25) is 4.79 Å². The molecule has 90 valence electrons. The van der Waals surface area contributed by atoms with Crippen LogP contribution < -0.4 is 5.73 Å². The first-order chi connectivity index (χ1) is 8.08. The highest BCUT2D eigenvalue weighted by Gasteiger charge is 2.18. The van der Waals surface area contributed by atoms with Crippen molar-refractivity contribution in [2.24, 2.45) is 11.7 Å². The van der Waals surface area contributed by atoms with Gasteiger partial charge >= 0.3 is 0 Å². The number of Topliss-reactive ketones (excluding diaryl/α,β-unsaturated/α-hetero) is 1. The van der Waals surface area contributed by atoms with Gasteiger partial charge in [0, 0.05) is 0 Å². The molecule has 0 saturated heterocycles. The summed E-state index contributed by atoms with van der Waals surface area (Å²) in [5.41, 5.74) is 6.79. The topological polar surface area (TPSA) is 56.0 Å². The Balaban J connectivity index is 2.16. The number of nitrogens with two attached hydrogens (primary N) is 1. The third-order valence-electron chi connectivity index (χ3n) is 2.75. The first kappa shape index (κ1) is 12.2. The molecule has 1 unspecified atom stereocenters. The maximum Gasteiger partial charge on any atom is 0.156 e. The van der Waals surface area contributed by atoms with Crippen LogP contribution in [0.4, 0.5) is 0 Å². The van der Waals surface area contributed by atoms with Crippen molar-refractivity contribution >= 4 is 27.3 Å². The molecule has 4 heteroatoms. The molecule has 0 fully saturated rings. The van der Waals surface area contributed by atoms with Gasteiger partial charge in [-0.1, -0.05) is 26.0 Å². The monoisotopic (exact) mass is 248 g/mol. The second-order valence-corrected chi connectivity index (χ2v) is 5.60. The highest BCUT2D eigenvalue weighted by atomic mass is 32.1. The van der Waals surface area contributed by atoms with Gasteiger partial charge in [0.05, 0.1) is 22.7 Å². The van der Waals surface area contributed by atoms with Crippen LogP contribution in [0, 0.1) is 5.92 Å². The van der Waals surface area contributed by atoms with E-state index < -0.39 is 0 Å². The van der Waals surface area contributed by atoms with Gasteiger partial charge in [-0.25, -0.2) is 4.98 Å². The predicted octanol–water partition coefficient (Wildman–Crippen LogP) is 2.39. The third-order valence-corrected chi connectivity index (χ3v) is 3.79. The molecule has 2 N–H and O–H groups in total. The second kappa shape index (κ2) is 4.94. The molecule has 0 radical (unpaired) electrons. The highest BCUT2D eigenvalue weighted by molar-refractivity contribution is 7.18. The Hall–Kier alpha value is -1.26. The zero-order valence-electron chi connectivity index (χ0n) is 10.0. The summed E-state index contributed by atoms with van der Waals surface area (Å²) in [6.45, 7) is 3.92. The van der Waals surface area contributed by atoms with Crippen molar-refractivity contribution in [1.29, 1.82) is 0 Å². The molecule has 1 aromatic carbocycles. The summed E-state index contributed by atoms with van der Waals surface area (Å²) in [7, 11) is 0. The number of aromatic nitrogens is 1. The quantitative estimate of drug-likeness (QED) is 0.904. The number of hydrogen-bond acceptors (Lipinski definition) is 4. The van der Waals surface area contributed by atoms with E-state index in [1.54, 1.807) is 11.3 Å². The van der Waals surface area contributed by atoms with Crippen LogP contribution in [0.5, 0.6) is 0 Å². The maximum absolute atomic E-state index is 11.9. The van der Waals surface area contributed by atoms with Crippen LogP contribution in [0.1, 0.15) is 18.9 Å². The number of rotatable bonds is 4. The smallest absolute Gasteiger partial charge is 0.156 e. The number of thiazole rings is 1. The molecule has 1 atom stereocenters. The van der Waals surface area contributed by atoms with Crippen molar-refractivity contribution in [3.8, 4) is 0 Å². The summed E-state index contributed by atoms with van der Waals surface area (Å²) >= 11 is 1.57. The fourth-order valence-electron chi connectivity index (χ4n) is 1.63. The van der Waals surface area contributed by atoms with Crippen molar-refractivity contribution in [3.05, 3.63) is 29.3 Å². The van der Waals surface area contributed by atoms with Crippen molar-refractivity contribution in [1.82, 2.24) is 4.98 Å². The molecule has 0 spiro atoms. The van der Waals surface area contributed by atoms with Crippen LogP contribution >= 0.6 is 11.3 Å². The summed E-state index contributed by atoms with van der Waals surface area (Å²) < 4.78 is 1.12. The van der Waals surface area contributed by atoms with Crippen LogP contribution in [0.3, 0.4) is 0 Å². The van der Waals surface area contributed by atoms with Crippen LogP contribution in [0.25, 0.3) is 10.2 Å². The average molecular weight is 248 g/mol. The minimum atomic E-state index is -0.387. The van der Waals surface area contributed by atoms with Crippen molar-refractivity contribution in [2.75, 3.05) is 0 Å². The van der Waals surface area contributed by atoms with Gasteiger partial charge in [0.1, 0.15) is 5.01 Å². The molecule has 1 aromatic heterocycles. The van der Waals surface area contributed by atoms with Crippen LogP contribution in [0.15, 0.2) is 24.3 Å². The molecule has 17 heavy (non-hydrogen) atoms. The van der Waals surface area contributed by atoms with E-state index in [4.69, 9.17) is 5.73 Å². The third kappa shape index (κ3) is 2.70. The Morgan fingerprint density at radius 3 is 2.76 bits per heavy atom. The molecule has 3 nitrogen and oxygen atoms in total. The van der Waals surface area contributed by atoms with Gasteiger partial charge in [0.15, 0.2) is 5.78 Å². The van der Waals surface area contributed by atoms with E-state index in [0.29, 0.717) is 6.42 Å². The number of para-hydroxylation sites is 1. The first-order valence-electron chi connectivity index (χ1n) is 5.70.